The fourth-order valence-electron chi connectivity index (χ4n) is 3.70. The lowest BCUT2D eigenvalue weighted by Crippen LogP contribution is -2.39. The summed E-state index contributed by atoms with van der Waals surface area (Å²) in [7, 11) is 0. The minimum absolute atomic E-state index is 0.235. The second kappa shape index (κ2) is 9.70. The molecular formula is C22H38N2O. The van der Waals surface area contributed by atoms with Gasteiger partial charge in [-0.3, -0.25) is 0 Å². The van der Waals surface area contributed by atoms with Crippen LogP contribution >= 0.6 is 0 Å². The summed E-state index contributed by atoms with van der Waals surface area (Å²) >= 11 is 0. The first-order valence-corrected chi connectivity index (χ1v) is 10.0. The fraction of sp³-hybridized carbons (Fsp3) is 0.727. The van der Waals surface area contributed by atoms with Crippen LogP contribution < -0.4 is 5.32 Å². The first kappa shape index (κ1) is 20.4. The van der Waals surface area contributed by atoms with Gasteiger partial charge in [0.05, 0.1) is 6.61 Å². The van der Waals surface area contributed by atoms with E-state index in [-0.39, 0.29) is 12.0 Å². The summed E-state index contributed by atoms with van der Waals surface area (Å²) in [4.78, 5) is 2.38. The van der Waals surface area contributed by atoms with E-state index in [1.165, 1.54) is 24.0 Å². The lowest BCUT2D eigenvalue weighted by molar-refractivity contribution is 0.146. The number of benzene rings is 1. The Kier molecular flexibility index (Phi) is 7.92. The maximum absolute atomic E-state index is 9.01. The van der Waals surface area contributed by atoms with Crippen LogP contribution in [-0.4, -0.2) is 49.3 Å². The Morgan fingerprint density at radius 1 is 1.16 bits per heavy atom. The fourth-order valence-corrected chi connectivity index (χ4v) is 3.70. The minimum atomic E-state index is 0.235. The molecule has 142 valence electrons. The smallest absolute Gasteiger partial charge is 0.0558 e. The van der Waals surface area contributed by atoms with Crippen molar-refractivity contribution < 1.29 is 5.11 Å². The summed E-state index contributed by atoms with van der Waals surface area (Å²) in [5.74, 6) is 1.46. The molecule has 0 radical (unpaired) electrons. The lowest BCUT2D eigenvalue weighted by Gasteiger charge is -2.31. The number of nitrogens with one attached hydrogen (secondary N) is 1. The summed E-state index contributed by atoms with van der Waals surface area (Å²) in [5, 5.41) is 12.7. The van der Waals surface area contributed by atoms with Gasteiger partial charge in [-0.2, -0.15) is 0 Å². The van der Waals surface area contributed by atoms with Crippen LogP contribution in [-0.2, 0) is 11.8 Å². The van der Waals surface area contributed by atoms with Gasteiger partial charge in [0.1, 0.15) is 0 Å². The third-order valence-corrected chi connectivity index (χ3v) is 5.45. The summed E-state index contributed by atoms with van der Waals surface area (Å²) in [5.41, 5.74) is 3.09. The zero-order valence-corrected chi connectivity index (χ0v) is 16.7. The number of aliphatic hydroxyl groups is 1. The largest absolute Gasteiger partial charge is 0.395 e. The number of hydrogen-bond donors (Lipinski definition) is 2. The first-order valence-electron chi connectivity index (χ1n) is 10.0. The van der Waals surface area contributed by atoms with Gasteiger partial charge in [0.25, 0.3) is 0 Å². The molecule has 1 unspecified atom stereocenters. The van der Waals surface area contributed by atoms with E-state index in [9.17, 15) is 0 Å². The van der Waals surface area contributed by atoms with E-state index in [1.807, 2.05) is 0 Å². The van der Waals surface area contributed by atoms with Gasteiger partial charge in [0.15, 0.2) is 0 Å². The van der Waals surface area contributed by atoms with Crippen molar-refractivity contribution in [3.05, 3.63) is 35.4 Å². The molecule has 0 spiro atoms. The van der Waals surface area contributed by atoms with Crippen LogP contribution in [0.4, 0.5) is 0 Å². The van der Waals surface area contributed by atoms with Crippen LogP contribution in [0.2, 0.25) is 0 Å². The van der Waals surface area contributed by atoms with E-state index < -0.39 is 0 Å². The maximum atomic E-state index is 9.01. The molecule has 1 aromatic rings. The number of aliphatic hydroxyl groups excluding tert-OH is 1. The Labute approximate surface area is 154 Å². The molecule has 0 amide bonds. The molecule has 2 rings (SSSR count). The molecule has 3 heteroatoms. The van der Waals surface area contributed by atoms with E-state index in [0.717, 1.165) is 45.1 Å². The van der Waals surface area contributed by atoms with Gasteiger partial charge in [-0.25, -0.2) is 0 Å². The number of hydrogen-bond acceptors (Lipinski definition) is 3. The zero-order valence-electron chi connectivity index (χ0n) is 16.7. The topological polar surface area (TPSA) is 35.5 Å². The Morgan fingerprint density at radius 2 is 1.80 bits per heavy atom. The molecule has 0 aromatic heterocycles. The van der Waals surface area contributed by atoms with Crippen LogP contribution in [0.3, 0.4) is 0 Å². The van der Waals surface area contributed by atoms with E-state index in [2.05, 4.69) is 62.2 Å². The highest BCUT2D eigenvalue weighted by Crippen LogP contribution is 2.23. The number of nitrogens with zero attached hydrogens (tertiary/aromatic N) is 1. The molecule has 0 saturated carbocycles. The number of piperidine rings is 1. The van der Waals surface area contributed by atoms with Crippen LogP contribution in [0.25, 0.3) is 0 Å². The molecule has 1 aliphatic heterocycles. The Balaban J connectivity index is 1.65. The summed E-state index contributed by atoms with van der Waals surface area (Å²) < 4.78 is 0. The number of likely N-dealkylation sites (tertiary alicyclic amines) is 1. The summed E-state index contributed by atoms with van der Waals surface area (Å²) in [6.45, 7) is 14.8. The number of β-amino-alcohol motifs (C(OH)–C–C–N with tert-alkyl or cyclic N) is 1. The second-order valence-electron chi connectivity index (χ2n) is 8.92. The van der Waals surface area contributed by atoms with Gasteiger partial charge in [0, 0.05) is 6.54 Å². The molecule has 1 aromatic carbocycles. The molecule has 0 bridgehead atoms. The highest BCUT2D eigenvalue weighted by Gasteiger charge is 2.18. The molecule has 3 nitrogen and oxygen atoms in total. The second-order valence-corrected chi connectivity index (χ2v) is 8.92. The molecule has 1 fully saturated rings. The van der Waals surface area contributed by atoms with Gasteiger partial charge in [0.2, 0.25) is 0 Å². The van der Waals surface area contributed by atoms with Crippen molar-refractivity contribution in [2.24, 2.45) is 11.8 Å². The highest BCUT2D eigenvalue weighted by atomic mass is 16.3. The Morgan fingerprint density at radius 3 is 2.36 bits per heavy atom. The monoisotopic (exact) mass is 346 g/mol. The van der Waals surface area contributed by atoms with Gasteiger partial charge in [-0.15, -0.1) is 0 Å². The molecule has 1 atom stereocenters. The van der Waals surface area contributed by atoms with Crippen molar-refractivity contribution in [1.82, 2.24) is 10.2 Å². The molecule has 0 aliphatic carbocycles. The van der Waals surface area contributed by atoms with Crippen LogP contribution in [0.1, 0.15) is 51.7 Å². The average molecular weight is 347 g/mol. The van der Waals surface area contributed by atoms with Gasteiger partial charge in [-0.1, -0.05) is 52.0 Å². The van der Waals surface area contributed by atoms with Crippen LogP contribution in [0.15, 0.2) is 24.3 Å². The molecule has 1 saturated heterocycles. The predicted molar refractivity (Wildman–Crippen MR) is 107 cm³/mol. The van der Waals surface area contributed by atoms with Crippen molar-refractivity contribution in [2.75, 3.05) is 39.3 Å². The highest BCUT2D eigenvalue weighted by molar-refractivity contribution is 5.27. The van der Waals surface area contributed by atoms with E-state index in [0.29, 0.717) is 5.92 Å². The molecule has 1 heterocycles. The quantitative estimate of drug-likeness (QED) is 0.757. The Hall–Kier alpha value is -0.900. The summed E-state index contributed by atoms with van der Waals surface area (Å²) in [6, 6.07) is 9.17. The van der Waals surface area contributed by atoms with E-state index in [1.54, 1.807) is 0 Å². The summed E-state index contributed by atoms with van der Waals surface area (Å²) in [6.07, 6.45) is 3.66. The average Bonchev–Trinajstić information content (AvgIpc) is 2.56. The van der Waals surface area contributed by atoms with Crippen molar-refractivity contribution in [3.63, 3.8) is 0 Å². The molecule has 1 aliphatic rings. The van der Waals surface area contributed by atoms with Crippen molar-refractivity contribution >= 4 is 0 Å². The van der Waals surface area contributed by atoms with Crippen LogP contribution in [0, 0.1) is 11.8 Å². The van der Waals surface area contributed by atoms with Crippen LogP contribution in [0.5, 0.6) is 0 Å². The van der Waals surface area contributed by atoms with Crippen molar-refractivity contribution in [2.45, 2.75) is 52.4 Å². The molecule has 2 N–H and O–H groups in total. The van der Waals surface area contributed by atoms with Gasteiger partial charge in [-0.05, 0) is 73.8 Å². The minimum Gasteiger partial charge on any atom is -0.395 e. The zero-order chi connectivity index (χ0) is 18.3. The van der Waals surface area contributed by atoms with Gasteiger partial charge >= 0.3 is 0 Å². The maximum Gasteiger partial charge on any atom is 0.0558 e. The molecular weight excluding hydrogens is 308 g/mol. The Bertz CT molecular complexity index is 484. The van der Waals surface area contributed by atoms with Gasteiger partial charge < -0.3 is 15.3 Å². The van der Waals surface area contributed by atoms with E-state index in [4.69, 9.17) is 5.11 Å². The van der Waals surface area contributed by atoms with Crippen molar-refractivity contribution in [1.29, 1.82) is 0 Å². The molecule has 25 heavy (non-hydrogen) atoms. The normalized spacial score (nSPS) is 18.4. The third-order valence-electron chi connectivity index (χ3n) is 5.45. The number of rotatable bonds is 8. The lowest BCUT2D eigenvalue weighted by atomic mass is 9.86. The predicted octanol–water partition coefficient (Wildman–Crippen LogP) is 3.46. The first-order chi connectivity index (χ1) is 11.9. The standard InChI is InChI=1S/C22H38N2O/c1-18(15-19-5-7-21(8-6-19)22(2,3)4)16-23-17-20-9-11-24(12-10-20)13-14-25/h5-8,18,20,23,25H,9-17H2,1-4H3. The van der Waals surface area contributed by atoms with Crippen molar-refractivity contribution in [3.8, 4) is 0 Å². The SMILES string of the molecule is CC(CNCC1CCN(CCO)CC1)Cc1ccc(C(C)(C)C)cc1. The third kappa shape index (κ3) is 7.08. The van der Waals surface area contributed by atoms with E-state index >= 15 is 0 Å².